The second-order valence-electron chi connectivity index (χ2n) is 7.06. The third-order valence-corrected chi connectivity index (χ3v) is 5.69. The van der Waals surface area contributed by atoms with Crippen LogP contribution in [0, 0.1) is 5.92 Å². The van der Waals surface area contributed by atoms with E-state index in [9.17, 15) is 4.79 Å². The molecule has 0 unspecified atom stereocenters. The highest BCUT2D eigenvalue weighted by Gasteiger charge is 2.49. The van der Waals surface area contributed by atoms with Crippen molar-refractivity contribution in [3.05, 3.63) is 34.9 Å². The number of morpholine rings is 1. The molecule has 3 aliphatic rings. The molecule has 3 fully saturated rings. The number of benzene rings is 1. The Morgan fingerprint density at radius 3 is 3.04 bits per heavy atom. The van der Waals surface area contributed by atoms with Gasteiger partial charge in [-0.1, -0.05) is 23.7 Å². The fourth-order valence-corrected chi connectivity index (χ4v) is 4.29. The number of piperidine rings is 1. The van der Waals surface area contributed by atoms with Crippen molar-refractivity contribution < 1.29 is 9.53 Å². The predicted octanol–water partition coefficient (Wildman–Crippen LogP) is 2.38. The molecule has 1 aromatic carbocycles. The zero-order valence-electron chi connectivity index (χ0n) is 13.5. The average molecular weight is 335 g/mol. The Balaban J connectivity index is 1.47. The first-order chi connectivity index (χ1) is 11.1. The summed E-state index contributed by atoms with van der Waals surface area (Å²) in [5.41, 5.74) is 1.20. The number of carbonyl (C=O) groups is 1. The van der Waals surface area contributed by atoms with Crippen molar-refractivity contribution in [2.75, 3.05) is 33.3 Å². The number of halogens is 1. The van der Waals surface area contributed by atoms with E-state index in [1.165, 1.54) is 5.56 Å². The Bertz CT molecular complexity index is 608. The summed E-state index contributed by atoms with van der Waals surface area (Å²) in [6, 6.07) is 8.15. The molecule has 0 spiro atoms. The van der Waals surface area contributed by atoms with Gasteiger partial charge in [-0.05, 0) is 43.5 Å². The molecule has 2 aliphatic heterocycles. The SMILES string of the molecule is CN1CC[C@@H]2OCCN(C(=O)[C@@H]3C[C@H]3c3cccc(Cl)c3)[C@@H]2C1. The third-order valence-electron chi connectivity index (χ3n) is 5.46. The van der Waals surface area contributed by atoms with E-state index >= 15 is 0 Å². The molecule has 0 aromatic heterocycles. The molecule has 4 nitrogen and oxygen atoms in total. The van der Waals surface area contributed by atoms with Gasteiger partial charge in [0, 0.05) is 30.6 Å². The zero-order chi connectivity index (χ0) is 16.0. The van der Waals surface area contributed by atoms with E-state index in [1.807, 2.05) is 18.2 Å². The Morgan fingerprint density at radius 2 is 2.22 bits per heavy atom. The first kappa shape index (κ1) is 15.4. The Hall–Kier alpha value is -1.10. The third kappa shape index (κ3) is 3.00. The maximum atomic E-state index is 13.0. The molecule has 23 heavy (non-hydrogen) atoms. The minimum Gasteiger partial charge on any atom is -0.374 e. The monoisotopic (exact) mass is 334 g/mol. The van der Waals surface area contributed by atoms with Crippen molar-refractivity contribution in [1.82, 2.24) is 9.80 Å². The Morgan fingerprint density at radius 1 is 1.35 bits per heavy atom. The van der Waals surface area contributed by atoms with Crippen molar-refractivity contribution >= 4 is 17.5 Å². The van der Waals surface area contributed by atoms with Crippen molar-refractivity contribution in [3.63, 3.8) is 0 Å². The maximum Gasteiger partial charge on any atom is 0.226 e. The average Bonchev–Trinajstić information content (AvgIpc) is 3.34. The highest BCUT2D eigenvalue weighted by atomic mass is 35.5. The number of rotatable bonds is 2. The number of hydrogen-bond acceptors (Lipinski definition) is 3. The lowest BCUT2D eigenvalue weighted by molar-refractivity contribution is -0.153. The molecule has 5 heteroatoms. The van der Waals surface area contributed by atoms with Crippen LogP contribution in [-0.2, 0) is 9.53 Å². The van der Waals surface area contributed by atoms with Gasteiger partial charge in [-0.15, -0.1) is 0 Å². The molecule has 2 heterocycles. The summed E-state index contributed by atoms with van der Waals surface area (Å²) < 4.78 is 5.90. The van der Waals surface area contributed by atoms with Crippen LogP contribution < -0.4 is 0 Å². The fraction of sp³-hybridized carbons (Fsp3) is 0.611. The summed E-state index contributed by atoms with van der Waals surface area (Å²) in [4.78, 5) is 17.4. The van der Waals surface area contributed by atoms with E-state index in [-0.39, 0.29) is 18.1 Å². The lowest BCUT2D eigenvalue weighted by Crippen LogP contribution is -2.61. The van der Waals surface area contributed by atoms with Crippen LogP contribution in [-0.4, -0.2) is 61.1 Å². The van der Waals surface area contributed by atoms with Gasteiger partial charge in [-0.2, -0.15) is 0 Å². The molecule has 4 atom stereocenters. The minimum absolute atomic E-state index is 0.124. The van der Waals surface area contributed by atoms with Crippen molar-refractivity contribution in [2.45, 2.75) is 30.9 Å². The van der Waals surface area contributed by atoms with Gasteiger partial charge in [-0.3, -0.25) is 4.79 Å². The van der Waals surface area contributed by atoms with E-state index in [0.717, 1.165) is 37.5 Å². The topological polar surface area (TPSA) is 32.8 Å². The lowest BCUT2D eigenvalue weighted by Gasteiger charge is -2.46. The Kier molecular flexibility index (Phi) is 4.08. The normalized spacial score (nSPS) is 34.1. The predicted molar refractivity (Wildman–Crippen MR) is 89.7 cm³/mol. The van der Waals surface area contributed by atoms with Crippen LogP contribution in [0.1, 0.15) is 24.3 Å². The zero-order valence-corrected chi connectivity index (χ0v) is 14.2. The molecule has 0 bridgehead atoms. The number of amides is 1. The molecule has 1 saturated carbocycles. The first-order valence-electron chi connectivity index (χ1n) is 8.49. The number of fused-ring (bicyclic) bond motifs is 1. The van der Waals surface area contributed by atoms with Gasteiger partial charge < -0.3 is 14.5 Å². The molecular formula is C18H23ClN2O2. The molecule has 1 aromatic rings. The van der Waals surface area contributed by atoms with Crippen molar-refractivity contribution in [2.24, 2.45) is 5.92 Å². The second kappa shape index (κ2) is 6.08. The number of hydrogen-bond donors (Lipinski definition) is 0. The molecule has 4 rings (SSSR count). The minimum atomic E-state index is 0.124. The van der Waals surface area contributed by atoms with Crippen LogP contribution >= 0.6 is 11.6 Å². The Labute approximate surface area is 142 Å². The molecule has 1 amide bonds. The van der Waals surface area contributed by atoms with Gasteiger partial charge in [0.25, 0.3) is 0 Å². The van der Waals surface area contributed by atoms with Gasteiger partial charge in [0.1, 0.15) is 0 Å². The number of likely N-dealkylation sites (N-methyl/N-ethyl adjacent to an activating group) is 1. The van der Waals surface area contributed by atoms with E-state index in [2.05, 4.69) is 22.9 Å². The van der Waals surface area contributed by atoms with E-state index in [0.29, 0.717) is 18.4 Å². The highest BCUT2D eigenvalue weighted by molar-refractivity contribution is 6.30. The summed E-state index contributed by atoms with van der Waals surface area (Å²) in [5, 5.41) is 0.751. The van der Waals surface area contributed by atoms with Crippen LogP contribution in [0.5, 0.6) is 0 Å². The van der Waals surface area contributed by atoms with Crippen LogP contribution in [0.2, 0.25) is 5.02 Å². The van der Waals surface area contributed by atoms with E-state index in [4.69, 9.17) is 16.3 Å². The summed E-state index contributed by atoms with van der Waals surface area (Å²) in [6.07, 6.45) is 2.18. The highest BCUT2D eigenvalue weighted by Crippen LogP contribution is 2.49. The molecule has 1 aliphatic carbocycles. The van der Waals surface area contributed by atoms with E-state index in [1.54, 1.807) is 0 Å². The van der Waals surface area contributed by atoms with Crippen LogP contribution in [0.25, 0.3) is 0 Å². The maximum absolute atomic E-state index is 13.0. The van der Waals surface area contributed by atoms with Gasteiger partial charge in [-0.25, -0.2) is 0 Å². The summed E-state index contributed by atoms with van der Waals surface area (Å²) in [6.45, 7) is 3.38. The van der Waals surface area contributed by atoms with Crippen LogP contribution in [0.15, 0.2) is 24.3 Å². The molecule has 2 saturated heterocycles. The van der Waals surface area contributed by atoms with Crippen molar-refractivity contribution in [1.29, 1.82) is 0 Å². The van der Waals surface area contributed by atoms with Crippen molar-refractivity contribution in [3.8, 4) is 0 Å². The van der Waals surface area contributed by atoms with Crippen LogP contribution in [0.4, 0.5) is 0 Å². The van der Waals surface area contributed by atoms with Gasteiger partial charge in [0.15, 0.2) is 0 Å². The summed E-state index contributed by atoms with van der Waals surface area (Å²) >= 11 is 6.08. The van der Waals surface area contributed by atoms with Gasteiger partial charge in [0.05, 0.1) is 18.8 Å². The quantitative estimate of drug-likeness (QED) is 0.832. The van der Waals surface area contributed by atoms with Gasteiger partial charge in [0.2, 0.25) is 5.91 Å². The smallest absolute Gasteiger partial charge is 0.226 e. The molecule has 124 valence electrons. The number of likely N-dealkylation sites (tertiary alicyclic amines) is 1. The summed E-state index contributed by atoms with van der Waals surface area (Å²) in [7, 11) is 2.12. The molecule has 0 N–H and O–H groups in total. The lowest BCUT2D eigenvalue weighted by atomic mass is 9.98. The number of ether oxygens (including phenoxy) is 1. The molecular weight excluding hydrogens is 312 g/mol. The number of carbonyl (C=O) groups excluding carboxylic acids is 1. The van der Waals surface area contributed by atoms with Gasteiger partial charge >= 0.3 is 0 Å². The first-order valence-corrected chi connectivity index (χ1v) is 8.87. The van der Waals surface area contributed by atoms with E-state index < -0.39 is 0 Å². The number of nitrogens with zero attached hydrogens (tertiary/aromatic N) is 2. The fourth-order valence-electron chi connectivity index (χ4n) is 4.09. The van der Waals surface area contributed by atoms with Crippen LogP contribution in [0.3, 0.4) is 0 Å². The standard InChI is InChI=1S/C18H23ClN2O2/c1-20-6-5-17-16(11-20)21(7-8-23-17)18(22)15-10-14(15)12-3-2-4-13(19)9-12/h2-4,9,14-17H,5-8,10-11H2,1H3/t14-,15+,16+,17-/m0/s1. The second-order valence-corrected chi connectivity index (χ2v) is 7.50. The summed E-state index contributed by atoms with van der Waals surface area (Å²) in [5.74, 6) is 0.770. The largest absolute Gasteiger partial charge is 0.374 e. The molecule has 0 radical (unpaired) electrons.